The predicted molar refractivity (Wildman–Crippen MR) is 108 cm³/mol. The van der Waals surface area contributed by atoms with Gasteiger partial charge in [0.25, 0.3) is 0 Å². The molecule has 1 heterocycles. The Balaban J connectivity index is 1.97. The summed E-state index contributed by atoms with van der Waals surface area (Å²) in [5.41, 5.74) is 3.10. The van der Waals surface area contributed by atoms with Crippen LogP contribution in [0.25, 0.3) is 22.0 Å². The molecule has 0 atom stereocenters. The molecule has 1 N–H and O–H groups in total. The first kappa shape index (κ1) is 18.3. The van der Waals surface area contributed by atoms with Gasteiger partial charge in [-0.05, 0) is 35.7 Å². The summed E-state index contributed by atoms with van der Waals surface area (Å²) < 4.78 is 5.34. The molecule has 1 amide bonds. The van der Waals surface area contributed by atoms with Gasteiger partial charge in [-0.2, -0.15) is 0 Å². The number of fused-ring (bicyclic) bond motifs is 1. The molecule has 5 heteroatoms. The van der Waals surface area contributed by atoms with Gasteiger partial charge in [-0.3, -0.25) is 4.79 Å². The van der Waals surface area contributed by atoms with Crippen molar-refractivity contribution in [2.75, 3.05) is 19.4 Å². The highest BCUT2D eigenvalue weighted by molar-refractivity contribution is 7.99. The van der Waals surface area contributed by atoms with Crippen LogP contribution in [-0.4, -0.2) is 30.3 Å². The molecule has 2 aromatic carbocycles. The molecule has 0 aliphatic carbocycles. The molecule has 0 aliphatic rings. The zero-order chi connectivity index (χ0) is 18.4. The van der Waals surface area contributed by atoms with Crippen LogP contribution in [0.5, 0.6) is 5.75 Å². The highest BCUT2D eigenvalue weighted by Crippen LogP contribution is 2.33. The van der Waals surface area contributed by atoms with Crippen LogP contribution < -0.4 is 10.1 Å². The van der Waals surface area contributed by atoms with Crippen LogP contribution in [0.3, 0.4) is 0 Å². The van der Waals surface area contributed by atoms with E-state index in [0.717, 1.165) is 39.2 Å². The summed E-state index contributed by atoms with van der Waals surface area (Å²) in [6.07, 6.45) is 0.933. The molecule has 0 fully saturated rings. The first-order valence-corrected chi connectivity index (χ1v) is 9.63. The average molecular weight is 366 g/mol. The summed E-state index contributed by atoms with van der Waals surface area (Å²) in [6, 6.07) is 18.2. The van der Waals surface area contributed by atoms with Gasteiger partial charge in [0.1, 0.15) is 5.75 Å². The molecule has 4 nitrogen and oxygen atoms in total. The van der Waals surface area contributed by atoms with Crippen LogP contribution >= 0.6 is 11.8 Å². The SMILES string of the molecule is CCCNC(=O)CSc1cc(-c2ccccc2)c2ccc(OC)cc2n1. The van der Waals surface area contributed by atoms with Gasteiger partial charge in [0.2, 0.25) is 5.91 Å². The van der Waals surface area contributed by atoms with Gasteiger partial charge in [0, 0.05) is 18.0 Å². The molecule has 3 rings (SSSR count). The molecule has 0 radical (unpaired) electrons. The van der Waals surface area contributed by atoms with Crippen molar-refractivity contribution in [1.82, 2.24) is 10.3 Å². The van der Waals surface area contributed by atoms with E-state index in [-0.39, 0.29) is 5.91 Å². The van der Waals surface area contributed by atoms with E-state index < -0.39 is 0 Å². The van der Waals surface area contributed by atoms with Crippen molar-refractivity contribution in [3.05, 3.63) is 54.6 Å². The smallest absolute Gasteiger partial charge is 0.230 e. The van der Waals surface area contributed by atoms with E-state index in [4.69, 9.17) is 9.72 Å². The number of carbonyl (C=O) groups excluding carboxylic acids is 1. The Morgan fingerprint density at radius 1 is 1.15 bits per heavy atom. The minimum atomic E-state index is 0.0330. The van der Waals surface area contributed by atoms with Gasteiger partial charge in [-0.25, -0.2) is 4.98 Å². The maximum Gasteiger partial charge on any atom is 0.230 e. The number of nitrogens with one attached hydrogen (secondary N) is 1. The monoisotopic (exact) mass is 366 g/mol. The van der Waals surface area contributed by atoms with Crippen molar-refractivity contribution < 1.29 is 9.53 Å². The highest BCUT2D eigenvalue weighted by atomic mass is 32.2. The van der Waals surface area contributed by atoms with Crippen molar-refractivity contribution in [3.8, 4) is 16.9 Å². The maximum atomic E-state index is 11.9. The van der Waals surface area contributed by atoms with Crippen LogP contribution in [0.4, 0.5) is 0 Å². The van der Waals surface area contributed by atoms with Crippen molar-refractivity contribution in [2.24, 2.45) is 0 Å². The largest absolute Gasteiger partial charge is 0.497 e. The van der Waals surface area contributed by atoms with Crippen molar-refractivity contribution in [2.45, 2.75) is 18.4 Å². The highest BCUT2D eigenvalue weighted by Gasteiger charge is 2.11. The van der Waals surface area contributed by atoms with Crippen LogP contribution in [-0.2, 0) is 4.79 Å². The van der Waals surface area contributed by atoms with Crippen LogP contribution in [0.1, 0.15) is 13.3 Å². The molecule has 0 bridgehead atoms. The fourth-order valence-electron chi connectivity index (χ4n) is 2.70. The maximum absolute atomic E-state index is 11.9. The number of aromatic nitrogens is 1. The molecule has 1 aromatic heterocycles. The molecule has 0 aliphatic heterocycles. The summed E-state index contributed by atoms with van der Waals surface area (Å²) in [5, 5.41) is 4.79. The van der Waals surface area contributed by atoms with E-state index in [2.05, 4.69) is 23.5 Å². The summed E-state index contributed by atoms with van der Waals surface area (Å²) in [5.74, 6) is 1.16. The number of methoxy groups -OCH3 is 1. The lowest BCUT2D eigenvalue weighted by Crippen LogP contribution is -2.25. The lowest BCUT2D eigenvalue weighted by Gasteiger charge is -2.11. The zero-order valence-electron chi connectivity index (χ0n) is 15.0. The predicted octanol–water partition coefficient (Wildman–Crippen LogP) is 4.53. The fourth-order valence-corrected chi connectivity index (χ4v) is 3.44. The lowest BCUT2D eigenvalue weighted by molar-refractivity contribution is -0.118. The Bertz CT molecular complexity index is 897. The van der Waals surface area contributed by atoms with Crippen molar-refractivity contribution in [1.29, 1.82) is 0 Å². The number of rotatable bonds is 7. The number of hydrogen-bond donors (Lipinski definition) is 1. The first-order valence-electron chi connectivity index (χ1n) is 8.65. The van der Waals surface area contributed by atoms with Gasteiger partial charge in [-0.1, -0.05) is 49.0 Å². The van der Waals surface area contributed by atoms with Crippen molar-refractivity contribution >= 4 is 28.6 Å². The minimum absolute atomic E-state index is 0.0330. The normalized spacial score (nSPS) is 10.7. The molecule has 0 saturated carbocycles. The van der Waals surface area contributed by atoms with E-state index in [9.17, 15) is 4.79 Å². The van der Waals surface area contributed by atoms with E-state index >= 15 is 0 Å². The van der Waals surface area contributed by atoms with Gasteiger partial charge < -0.3 is 10.1 Å². The third-order valence-electron chi connectivity index (χ3n) is 4.00. The minimum Gasteiger partial charge on any atom is -0.497 e. The summed E-state index contributed by atoms with van der Waals surface area (Å²) >= 11 is 1.45. The number of thioether (sulfide) groups is 1. The number of pyridine rings is 1. The molecule has 0 spiro atoms. The average Bonchev–Trinajstić information content (AvgIpc) is 2.70. The molecule has 0 unspecified atom stereocenters. The van der Waals surface area contributed by atoms with Gasteiger partial charge >= 0.3 is 0 Å². The topological polar surface area (TPSA) is 51.2 Å². The Labute approximate surface area is 158 Å². The van der Waals surface area contributed by atoms with Crippen LogP contribution in [0, 0.1) is 0 Å². The van der Waals surface area contributed by atoms with E-state index in [1.807, 2.05) is 43.3 Å². The Kier molecular flexibility index (Phi) is 6.12. The lowest BCUT2D eigenvalue weighted by atomic mass is 10.0. The number of nitrogens with zero attached hydrogens (tertiary/aromatic N) is 1. The second-order valence-electron chi connectivity index (χ2n) is 5.90. The van der Waals surface area contributed by atoms with E-state index in [0.29, 0.717) is 12.3 Å². The number of amides is 1. The summed E-state index contributed by atoms with van der Waals surface area (Å²) in [4.78, 5) is 16.6. The zero-order valence-corrected chi connectivity index (χ0v) is 15.8. The molecule has 26 heavy (non-hydrogen) atoms. The third kappa shape index (κ3) is 4.35. The van der Waals surface area contributed by atoms with Gasteiger partial charge in [0.15, 0.2) is 0 Å². The summed E-state index contributed by atoms with van der Waals surface area (Å²) in [6.45, 7) is 2.74. The number of ether oxygens (including phenoxy) is 1. The van der Waals surface area contributed by atoms with E-state index in [1.165, 1.54) is 11.8 Å². The first-order chi connectivity index (χ1) is 12.7. The second kappa shape index (κ2) is 8.72. The van der Waals surface area contributed by atoms with Crippen LogP contribution in [0.2, 0.25) is 0 Å². The number of benzene rings is 2. The molecule has 134 valence electrons. The fraction of sp³-hybridized carbons (Fsp3) is 0.238. The standard InChI is InChI=1S/C21H22N2O2S/c1-3-11-22-20(24)14-26-21-13-18(15-7-5-4-6-8-15)17-10-9-16(25-2)12-19(17)23-21/h4-10,12-13H,3,11,14H2,1-2H3,(H,22,24). The van der Waals surface area contributed by atoms with Crippen LogP contribution in [0.15, 0.2) is 59.6 Å². The van der Waals surface area contributed by atoms with Gasteiger partial charge in [0.05, 0.1) is 23.4 Å². The molecular weight excluding hydrogens is 344 g/mol. The number of carbonyl (C=O) groups is 1. The van der Waals surface area contributed by atoms with Crippen molar-refractivity contribution in [3.63, 3.8) is 0 Å². The quantitative estimate of drug-likeness (QED) is 0.624. The second-order valence-corrected chi connectivity index (χ2v) is 6.89. The summed E-state index contributed by atoms with van der Waals surface area (Å²) in [7, 11) is 1.65. The Morgan fingerprint density at radius 3 is 2.69 bits per heavy atom. The number of hydrogen-bond acceptors (Lipinski definition) is 4. The third-order valence-corrected chi connectivity index (χ3v) is 4.91. The van der Waals surface area contributed by atoms with E-state index in [1.54, 1.807) is 7.11 Å². The Hall–Kier alpha value is -2.53. The molecular formula is C21H22N2O2S. The molecule has 0 saturated heterocycles. The Morgan fingerprint density at radius 2 is 1.96 bits per heavy atom. The van der Waals surface area contributed by atoms with Gasteiger partial charge in [-0.15, -0.1) is 0 Å². The molecule has 3 aromatic rings.